The third kappa shape index (κ3) is 13.5. The van der Waals surface area contributed by atoms with Gasteiger partial charge in [-0.3, -0.25) is 0 Å². The van der Waals surface area contributed by atoms with Crippen molar-refractivity contribution >= 4 is 18.6 Å². The van der Waals surface area contributed by atoms with E-state index in [0.717, 1.165) is 0 Å². The van der Waals surface area contributed by atoms with Gasteiger partial charge < -0.3 is 17.3 Å². The Balaban J connectivity index is 0.000000385. The van der Waals surface area contributed by atoms with Gasteiger partial charge in [-0.15, -0.1) is 11.3 Å². The quantitative estimate of drug-likeness (QED) is 0.386. The van der Waals surface area contributed by atoms with Crippen LogP contribution in [0.3, 0.4) is 0 Å². The van der Waals surface area contributed by atoms with Crippen LogP contribution in [0.2, 0.25) is 0 Å². The van der Waals surface area contributed by atoms with Crippen LogP contribution < -0.4 is 0 Å². The van der Waals surface area contributed by atoms with Gasteiger partial charge in [0.05, 0.1) is 0 Å². The molecule has 1 heterocycles. The van der Waals surface area contributed by atoms with Gasteiger partial charge in [0.25, 0.3) is 0 Å². The van der Waals surface area contributed by atoms with Crippen molar-refractivity contribution in [3.05, 3.63) is 22.4 Å². The molecule has 0 aliphatic rings. The molecule has 0 aromatic carbocycles. The lowest BCUT2D eigenvalue weighted by Crippen LogP contribution is -2.02. The lowest BCUT2D eigenvalue weighted by molar-refractivity contribution is 0.368. The Bertz CT molecular complexity index is 240. The first-order chi connectivity index (χ1) is 7.43. The van der Waals surface area contributed by atoms with Crippen molar-refractivity contribution in [3.63, 3.8) is 0 Å². The Morgan fingerprint density at radius 3 is 2.19 bits per heavy atom. The van der Waals surface area contributed by atoms with E-state index in [1.54, 1.807) is 4.88 Å². The summed E-state index contributed by atoms with van der Waals surface area (Å²) in [7, 11) is -6.00. The van der Waals surface area contributed by atoms with Crippen LogP contribution in [0, 0.1) is 0 Å². The highest BCUT2D eigenvalue weighted by molar-refractivity contribution is 7.09. The van der Waals surface area contributed by atoms with E-state index < -0.39 is 7.25 Å². The van der Waals surface area contributed by atoms with Crippen molar-refractivity contribution in [3.8, 4) is 0 Å². The molecular weight excluding hydrogens is 239 g/mol. The minimum absolute atomic E-state index is 1.29. The lowest BCUT2D eigenvalue weighted by Gasteiger charge is -1.95. The number of hydrogen-bond donors (Lipinski definition) is 0. The minimum atomic E-state index is -6.00. The monoisotopic (exact) mass is 255 g/mol. The number of hydrogen-bond acceptors (Lipinski definition) is 1. The maximum atomic E-state index is 9.75. The van der Waals surface area contributed by atoms with Crippen molar-refractivity contribution < 1.29 is 17.3 Å². The third-order valence-electron chi connectivity index (χ3n) is 1.86. The average molecular weight is 255 g/mol. The molecule has 16 heavy (non-hydrogen) atoms. The molecule has 0 amide bonds. The molecule has 1 aromatic rings. The Morgan fingerprint density at radius 1 is 1.12 bits per heavy atom. The molecule has 0 bridgehead atoms. The lowest BCUT2D eigenvalue weighted by atomic mass is 10.1. The summed E-state index contributed by atoms with van der Waals surface area (Å²) in [5.41, 5.74) is 0. The molecule has 1 aromatic heterocycles. The molecule has 0 spiro atoms. The van der Waals surface area contributed by atoms with Crippen molar-refractivity contribution in [2.24, 2.45) is 0 Å². The van der Waals surface area contributed by atoms with Crippen LogP contribution in [0.15, 0.2) is 17.5 Å². The smallest absolute Gasteiger partial charge is 0.418 e. The fourth-order valence-electron chi connectivity index (χ4n) is 1.18. The topological polar surface area (TPSA) is 0 Å². The predicted octanol–water partition coefficient (Wildman–Crippen LogP) is 5.17. The first-order valence-electron chi connectivity index (χ1n) is 5.33. The average Bonchev–Trinajstić information content (AvgIpc) is 2.62. The highest BCUT2D eigenvalue weighted by Gasteiger charge is 2.20. The number of thiophene rings is 1. The second-order valence-corrected chi connectivity index (χ2v) is 4.42. The summed E-state index contributed by atoms with van der Waals surface area (Å²) < 4.78 is 39.0. The first kappa shape index (κ1) is 15.5. The summed E-state index contributed by atoms with van der Waals surface area (Å²) in [6.45, 7) is 2.26. The Morgan fingerprint density at radius 2 is 1.75 bits per heavy atom. The van der Waals surface area contributed by atoms with Crippen molar-refractivity contribution in [1.82, 2.24) is 0 Å². The molecule has 94 valence electrons. The van der Waals surface area contributed by atoms with Gasteiger partial charge in [0.2, 0.25) is 0 Å². The van der Waals surface area contributed by atoms with Gasteiger partial charge in [-0.25, -0.2) is 0 Å². The summed E-state index contributed by atoms with van der Waals surface area (Å²) in [5.74, 6) is 0. The molecule has 0 aliphatic heterocycles. The zero-order valence-corrected chi connectivity index (χ0v) is 10.1. The summed E-state index contributed by atoms with van der Waals surface area (Å²) in [6, 6.07) is 4.37. The van der Waals surface area contributed by atoms with Gasteiger partial charge in [0, 0.05) is 4.88 Å². The molecule has 6 heteroatoms. The predicted molar refractivity (Wildman–Crippen MR) is 62.4 cm³/mol. The summed E-state index contributed by atoms with van der Waals surface area (Å²) in [6.07, 6.45) is 6.79. The molecule has 0 saturated carbocycles. The van der Waals surface area contributed by atoms with Gasteiger partial charge in [0.15, 0.2) is 0 Å². The first-order valence-corrected chi connectivity index (χ1v) is 6.21. The van der Waals surface area contributed by atoms with E-state index in [2.05, 4.69) is 24.4 Å². The normalized spacial score (nSPS) is 10.8. The largest absolute Gasteiger partial charge is 0.673 e. The van der Waals surface area contributed by atoms with Crippen molar-refractivity contribution in [2.75, 3.05) is 0 Å². The molecule has 0 nitrogen and oxygen atoms in total. The zero-order valence-electron chi connectivity index (χ0n) is 9.27. The van der Waals surface area contributed by atoms with Gasteiger partial charge in [-0.2, -0.15) is 0 Å². The minimum Gasteiger partial charge on any atom is -0.418 e. The van der Waals surface area contributed by atoms with E-state index in [1.807, 2.05) is 11.3 Å². The Hall–Kier alpha value is -0.515. The highest BCUT2D eigenvalue weighted by atomic mass is 32.1. The molecule has 0 unspecified atom stereocenters. The highest BCUT2D eigenvalue weighted by Crippen LogP contribution is 2.12. The summed E-state index contributed by atoms with van der Waals surface area (Å²) in [4.78, 5) is 1.54. The fourth-order valence-corrected chi connectivity index (χ4v) is 1.93. The van der Waals surface area contributed by atoms with Crippen LogP contribution in [-0.4, -0.2) is 7.25 Å². The van der Waals surface area contributed by atoms with Crippen molar-refractivity contribution in [1.29, 1.82) is 0 Å². The standard InChI is InChI=1S/C10H16S.BF4/c1-2-3-4-5-7-10-8-6-9-11-10;2-1(3,4)5/h6,8-9H,2-5,7H2,1H3;/q;-1. The van der Waals surface area contributed by atoms with E-state index in [0.29, 0.717) is 0 Å². The zero-order chi connectivity index (χ0) is 12.4. The second-order valence-electron chi connectivity index (χ2n) is 3.38. The molecule has 0 fully saturated rings. The van der Waals surface area contributed by atoms with Gasteiger partial charge in [0.1, 0.15) is 0 Å². The van der Waals surface area contributed by atoms with E-state index in [9.17, 15) is 17.3 Å². The maximum absolute atomic E-state index is 9.75. The fraction of sp³-hybridized carbons (Fsp3) is 0.600. The molecule has 0 atom stereocenters. The van der Waals surface area contributed by atoms with E-state index in [1.165, 1.54) is 32.1 Å². The molecule has 1 rings (SSSR count). The summed E-state index contributed by atoms with van der Waals surface area (Å²) >= 11 is 1.88. The number of unbranched alkanes of at least 4 members (excludes halogenated alkanes) is 3. The van der Waals surface area contributed by atoms with E-state index >= 15 is 0 Å². The summed E-state index contributed by atoms with van der Waals surface area (Å²) in [5, 5.41) is 2.16. The van der Waals surface area contributed by atoms with Gasteiger partial charge in [-0.1, -0.05) is 32.3 Å². The number of aryl methyl sites for hydroxylation is 1. The van der Waals surface area contributed by atoms with Crippen molar-refractivity contribution in [2.45, 2.75) is 39.0 Å². The third-order valence-corrected chi connectivity index (χ3v) is 2.79. The molecule has 0 saturated heterocycles. The van der Waals surface area contributed by atoms with Crippen LogP contribution in [0.25, 0.3) is 0 Å². The van der Waals surface area contributed by atoms with Crippen LogP contribution in [0.1, 0.15) is 37.5 Å². The van der Waals surface area contributed by atoms with Crippen LogP contribution in [0.5, 0.6) is 0 Å². The molecule has 0 aliphatic carbocycles. The van der Waals surface area contributed by atoms with Crippen LogP contribution >= 0.6 is 11.3 Å². The molecule has 0 N–H and O–H groups in total. The SMILES string of the molecule is CCCCCCc1cccs1.F[B-](F)(F)F. The van der Waals surface area contributed by atoms with Gasteiger partial charge in [-0.05, 0) is 24.3 Å². The maximum Gasteiger partial charge on any atom is 0.673 e. The van der Waals surface area contributed by atoms with E-state index in [4.69, 9.17) is 0 Å². The van der Waals surface area contributed by atoms with E-state index in [-0.39, 0.29) is 0 Å². The van der Waals surface area contributed by atoms with Crippen LogP contribution in [0.4, 0.5) is 17.3 Å². The van der Waals surface area contributed by atoms with Gasteiger partial charge >= 0.3 is 7.25 Å². The molecular formula is C10H16BF4S-. The Labute approximate surface area is 97.8 Å². The second kappa shape index (κ2) is 8.62. The van der Waals surface area contributed by atoms with Crippen LogP contribution in [-0.2, 0) is 6.42 Å². The number of rotatable bonds is 5. The Kier molecular flexibility index (Phi) is 8.34. The molecule has 0 radical (unpaired) electrons. The number of halogens is 4.